The van der Waals surface area contributed by atoms with E-state index in [-0.39, 0.29) is 29.4 Å². The van der Waals surface area contributed by atoms with Gasteiger partial charge in [0.15, 0.2) is 23.9 Å². The summed E-state index contributed by atoms with van der Waals surface area (Å²) in [7, 11) is 1.45. The Labute approximate surface area is 156 Å². The quantitative estimate of drug-likeness (QED) is 0.740. The number of amides is 1. The van der Waals surface area contributed by atoms with Crippen LogP contribution in [-0.2, 0) is 4.79 Å². The largest absolute Gasteiger partial charge is 0.493 e. The van der Waals surface area contributed by atoms with Crippen molar-refractivity contribution in [2.45, 2.75) is 19.9 Å². The zero-order valence-electron chi connectivity index (χ0n) is 14.6. The molecule has 2 aromatic carbocycles. The van der Waals surface area contributed by atoms with E-state index in [4.69, 9.17) is 21.1 Å². The summed E-state index contributed by atoms with van der Waals surface area (Å²) >= 11 is 5.75. The fourth-order valence-corrected chi connectivity index (χ4v) is 2.49. The van der Waals surface area contributed by atoms with Crippen LogP contribution in [0.3, 0.4) is 0 Å². The van der Waals surface area contributed by atoms with Crippen LogP contribution in [0.2, 0.25) is 5.02 Å². The Morgan fingerprint density at radius 1 is 1.19 bits per heavy atom. The van der Waals surface area contributed by atoms with Crippen molar-refractivity contribution in [3.63, 3.8) is 0 Å². The summed E-state index contributed by atoms with van der Waals surface area (Å²) in [6.45, 7) is 2.96. The number of rotatable bonds is 7. The fraction of sp³-hybridized carbons (Fsp3) is 0.263. The lowest BCUT2D eigenvalue weighted by atomic mass is 10.1. The van der Waals surface area contributed by atoms with E-state index in [9.17, 15) is 14.0 Å². The molecule has 7 heteroatoms. The van der Waals surface area contributed by atoms with Crippen molar-refractivity contribution in [3.8, 4) is 11.5 Å². The second-order valence-electron chi connectivity index (χ2n) is 5.67. The third-order valence-electron chi connectivity index (χ3n) is 3.75. The van der Waals surface area contributed by atoms with Gasteiger partial charge in [-0.25, -0.2) is 4.39 Å². The molecule has 2 aromatic rings. The van der Waals surface area contributed by atoms with E-state index < -0.39 is 5.82 Å². The maximum Gasteiger partial charge on any atom is 0.258 e. The molecule has 0 aliphatic carbocycles. The van der Waals surface area contributed by atoms with Crippen LogP contribution in [0.1, 0.15) is 35.8 Å². The van der Waals surface area contributed by atoms with Gasteiger partial charge in [0, 0.05) is 5.56 Å². The summed E-state index contributed by atoms with van der Waals surface area (Å²) in [5, 5.41) is 2.74. The van der Waals surface area contributed by atoms with Crippen molar-refractivity contribution < 1.29 is 23.5 Å². The second kappa shape index (κ2) is 8.67. The lowest BCUT2D eigenvalue weighted by molar-refractivity contribution is -0.123. The van der Waals surface area contributed by atoms with E-state index in [2.05, 4.69) is 5.32 Å². The molecule has 0 aromatic heterocycles. The first kappa shape index (κ1) is 19.7. The first-order chi connectivity index (χ1) is 12.3. The molecule has 0 radical (unpaired) electrons. The van der Waals surface area contributed by atoms with Gasteiger partial charge in [0.1, 0.15) is 5.82 Å². The fourth-order valence-electron chi connectivity index (χ4n) is 2.30. The van der Waals surface area contributed by atoms with E-state index in [0.29, 0.717) is 22.6 Å². The summed E-state index contributed by atoms with van der Waals surface area (Å²) in [6, 6.07) is 8.62. The number of benzene rings is 2. The SMILES string of the molecule is COc1cc(C(C)=O)ccc1OCC(=O)NC(C)c1ccc(F)c(Cl)c1. The smallest absolute Gasteiger partial charge is 0.258 e. The van der Waals surface area contributed by atoms with Crippen molar-refractivity contribution in [3.05, 3.63) is 58.4 Å². The number of ether oxygens (including phenoxy) is 2. The average molecular weight is 380 g/mol. The minimum atomic E-state index is -0.515. The minimum Gasteiger partial charge on any atom is -0.493 e. The standard InChI is InChI=1S/C19H19ClFNO4/c1-11(13-4-6-16(21)15(20)8-13)22-19(24)10-26-17-7-5-14(12(2)23)9-18(17)25-3/h4-9,11H,10H2,1-3H3,(H,22,24). The number of carbonyl (C=O) groups excluding carboxylic acids is 2. The van der Waals surface area contributed by atoms with Gasteiger partial charge in [-0.05, 0) is 49.7 Å². The molecule has 2 rings (SSSR count). The van der Waals surface area contributed by atoms with Gasteiger partial charge in [-0.1, -0.05) is 17.7 Å². The first-order valence-electron chi connectivity index (χ1n) is 7.88. The molecule has 0 heterocycles. The Morgan fingerprint density at radius 2 is 1.92 bits per heavy atom. The van der Waals surface area contributed by atoms with Crippen LogP contribution in [0.15, 0.2) is 36.4 Å². The van der Waals surface area contributed by atoms with Gasteiger partial charge < -0.3 is 14.8 Å². The molecule has 138 valence electrons. The van der Waals surface area contributed by atoms with Gasteiger partial charge in [-0.15, -0.1) is 0 Å². The monoisotopic (exact) mass is 379 g/mol. The van der Waals surface area contributed by atoms with Gasteiger partial charge in [-0.3, -0.25) is 9.59 Å². The van der Waals surface area contributed by atoms with E-state index >= 15 is 0 Å². The van der Waals surface area contributed by atoms with Crippen LogP contribution in [0, 0.1) is 5.82 Å². The van der Waals surface area contributed by atoms with Crippen molar-refractivity contribution >= 4 is 23.3 Å². The minimum absolute atomic E-state index is 0.00449. The van der Waals surface area contributed by atoms with Crippen LogP contribution in [0.5, 0.6) is 11.5 Å². The Morgan fingerprint density at radius 3 is 2.54 bits per heavy atom. The van der Waals surface area contributed by atoms with E-state index in [1.165, 1.54) is 26.2 Å². The van der Waals surface area contributed by atoms with E-state index in [0.717, 1.165) is 0 Å². The van der Waals surface area contributed by atoms with E-state index in [1.54, 1.807) is 31.2 Å². The highest BCUT2D eigenvalue weighted by Gasteiger charge is 2.14. The number of halogens is 2. The van der Waals surface area contributed by atoms with Gasteiger partial charge in [0.05, 0.1) is 18.2 Å². The van der Waals surface area contributed by atoms with Crippen molar-refractivity contribution in [1.29, 1.82) is 0 Å². The van der Waals surface area contributed by atoms with Crippen molar-refractivity contribution in [2.75, 3.05) is 13.7 Å². The van der Waals surface area contributed by atoms with Crippen LogP contribution >= 0.6 is 11.6 Å². The molecule has 0 bridgehead atoms. The third-order valence-corrected chi connectivity index (χ3v) is 4.04. The number of ketones is 1. The molecule has 1 unspecified atom stereocenters. The topological polar surface area (TPSA) is 64.6 Å². The van der Waals surface area contributed by atoms with Gasteiger partial charge in [0.25, 0.3) is 5.91 Å². The van der Waals surface area contributed by atoms with Crippen LogP contribution in [0.25, 0.3) is 0 Å². The maximum absolute atomic E-state index is 13.2. The first-order valence-corrected chi connectivity index (χ1v) is 8.25. The third kappa shape index (κ3) is 4.95. The number of nitrogens with one attached hydrogen (secondary N) is 1. The summed E-state index contributed by atoms with van der Waals surface area (Å²) in [6.07, 6.45) is 0. The predicted molar refractivity (Wildman–Crippen MR) is 96.5 cm³/mol. The number of hydrogen-bond donors (Lipinski definition) is 1. The van der Waals surface area contributed by atoms with Gasteiger partial charge >= 0.3 is 0 Å². The second-order valence-corrected chi connectivity index (χ2v) is 6.08. The average Bonchev–Trinajstić information content (AvgIpc) is 2.61. The van der Waals surface area contributed by atoms with Crippen molar-refractivity contribution in [1.82, 2.24) is 5.32 Å². The molecule has 0 spiro atoms. The lowest BCUT2D eigenvalue weighted by Gasteiger charge is -2.16. The molecule has 1 atom stereocenters. The summed E-state index contributed by atoms with van der Waals surface area (Å²) in [4.78, 5) is 23.5. The highest BCUT2D eigenvalue weighted by atomic mass is 35.5. The Balaban J connectivity index is 1.98. The molecule has 1 amide bonds. The molecule has 1 N–H and O–H groups in total. The number of methoxy groups -OCH3 is 1. The molecule has 0 saturated carbocycles. The summed E-state index contributed by atoms with van der Waals surface area (Å²) in [5.41, 5.74) is 1.16. The number of carbonyl (C=O) groups is 2. The lowest BCUT2D eigenvalue weighted by Crippen LogP contribution is -2.31. The summed E-state index contributed by atoms with van der Waals surface area (Å²) < 4.78 is 23.9. The molecular formula is C19H19ClFNO4. The zero-order chi connectivity index (χ0) is 19.3. The molecule has 0 fully saturated rings. The Bertz CT molecular complexity index is 825. The van der Waals surface area contributed by atoms with Crippen molar-refractivity contribution in [2.24, 2.45) is 0 Å². The molecule has 26 heavy (non-hydrogen) atoms. The van der Waals surface area contributed by atoms with Gasteiger partial charge in [0.2, 0.25) is 0 Å². The molecule has 0 aliphatic heterocycles. The highest BCUT2D eigenvalue weighted by Crippen LogP contribution is 2.28. The number of Topliss-reactive ketones (excluding diaryl/α,β-unsaturated/α-hetero) is 1. The normalized spacial score (nSPS) is 11.6. The summed E-state index contributed by atoms with van der Waals surface area (Å²) in [5.74, 6) is -0.262. The van der Waals surface area contributed by atoms with E-state index in [1.807, 2.05) is 0 Å². The Kier molecular flexibility index (Phi) is 6.58. The maximum atomic E-state index is 13.2. The van der Waals surface area contributed by atoms with Crippen LogP contribution < -0.4 is 14.8 Å². The van der Waals surface area contributed by atoms with Crippen LogP contribution in [-0.4, -0.2) is 25.4 Å². The highest BCUT2D eigenvalue weighted by molar-refractivity contribution is 6.30. The Hall–Kier alpha value is -2.60. The molecule has 0 aliphatic rings. The van der Waals surface area contributed by atoms with Crippen LogP contribution in [0.4, 0.5) is 4.39 Å². The van der Waals surface area contributed by atoms with Gasteiger partial charge in [-0.2, -0.15) is 0 Å². The molecular weight excluding hydrogens is 361 g/mol. The zero-order valence-corrected chi connectivity index (χ0v) is 15.4. The predicted octanol–water partition coefficient (Wildman–Crippen LogP) is 3.95. The molecule has 5 nitrogen and oxygen atoms in total. The number of hydrogen-bond acceptors (Lipinski definition) is 4. The molecule has 0 saturated heterocycles.